The van der Waals surface area contributed by atoms with Crippen LogP contribution in [0.2, 0.25) is 0 Å². The maximum Gasteiger partial charge on any atom is 0.242 e. The first kappa shape index (κ1) is 20.0. The second kappa shape index (κ2) is 10.7. The molecule has 0 aliphatic heterocycles. The van der Waals surface area contributed by atoms with E-state index in [9.17, 15) is 9.59 Å². The van der Waals surface area contributed by atoms with Crippen LogP contribution in [0.15, 0.2) is 65.6 Å². The Hall–Kier alpha value is -2.27. The van der Waals surface area contributed by atoms with Crippen molar-refractivity contribution in [2.45, 2.75) is 37.8 Å². The van der Waals surface area contributed by atoms with Crippen LogP contribution in [-0.4, -0.2) is 35.1 Å². The molecule has 1 N–H and O–H groups in total. The maximum absolute atomic E-state index is 13.0. The van der Waals surface area contributed by atoms with Gasteiger partial charge in [-0.2, -0.15) is 0 Å². The van der Waals surface area contributed by atoms with Gasteiger partial charge >= 0.3 is 0 Å². The van der Waals surface area contributed by atoms with Gasteiger partial charge in [0.1, 0.15) is 6.04 Å². The Morgan fingerprint density at radius 3 is 2.19 bits per heavy atom. The van der Waals surface area contributed by atoms with Crippen molar-refractivity contribution in [3.63, 3.8) is 0 Å². The van der Waals surface area contributed by atoms with Crippen molar-refractivity contribution in [1.82, 2.24) is 10.2 Å². The van der Waals surface area contributed by atoms with E-state index < -0.39 is 6.04 Å². The highest BCUT2D eigenvalue weighted by Gasteiger charge is 2.28. The Kier molecular flexibility index (Phi) is 8.22. The second-order valence-electron chi connectivity index (χ2n) is 5.93. The Bertz CT molecular complexity index is 692. The van der Waals surface area contributed by atoms with Gasteiger partial charge in [0.25, 0.3) is 0 Å². The molecule has 0 radical (unpaired) electrons. The van der Waals surface area contributed by atoms with E-state index in [-0.39, 0.29) is 11.8 Å². The van der Waals surface area contributed by atoms with Gasteiger partial charge in [-0.05, 0) is 31.0 Å². The fourth-order valence-electron chi connectivity index (χ4n) is 2.74. The Morgan fingerprint density at radius 1 is 1.00 bits per heavy atom. The lowest BCUT2D eigenvalue weighted by molar-refractivity contribution is -0.139. The molecule has 138 valence electrons. The van der Waals surface area contributed by atoms with Crippen molar-refractivity contribution in [2.75, 3.05) is 12.3 Å². The summed E-state index contributed by atoms with van der Waals surface area (Å²) < 4.78 is 0. The van der Waals surface area contributed by atoms with Crippen molar-refractivity contribution in [3.8, 4) is 0 Å². The van der Waals surface area contributed by atoms with E-state index in [1.165, 1.54) is 11.8 Å². The third-order valence-electron chi connectivity index (χ3n) is 4.04. The average molecular weight is 371 g/mol. The predicted molar refractivity (Wildman–Crippen MR) is 107 cm³/mol. The standard InChI is InChI=1S/C21H26N2O2S/c1-3-19(21(25)22-4-2)23(15-17-11-7-5-8-12-17)20(24)16-26-18-13-9-6-10-14-18/h5-14,19H,3-4,15-16H2,1-2H3,(H,22,25)/t19-/m1/s1. The number of likely N-dealkylation sites (N-methyl/N-ethyl adjacent to an activating group) is 1. The monoisotopic (exact) mass is 370 g/mol. The van der Waals surface area contributed by atoms with Gasteiger partial charge in [0.05, 0.1) is 5.75 Å². The molecule has 0 aromatic heterocycles. The summed E-state index contributed by atoms with van der Waals surface area (Å²) in [6.07, 6.45) is 0.584. The highest BCUT2D eigenvalue weighted by molar-refractivity contribution is 8.00. The minimum atomic E-state index is -0.459. The molecule has 0 saturated carbocycles. The Balaban J connectivity index is 2.14. The van der Waals surface area contributed by atoms with Crippen molar-refractivity contribution >= 4 is 23.6 Å². The van der Waals surface area contributed by atoms with Crippen LogP contribution < -0.4 is 5.32 Å². The van der Waals surface area contributed by atoms with Gasteiger partial charge in [0, 0.05) is 18.0 Å². The summed E-state index contributed by atoms with van der Waals surface area (Å²) in [5.41, 5.74) is 1.02. The third-order valence-corrected chi connectivity index (χ3v) is 5.03. The van der Waals surface area contributed by atoms with Gasteiger partial charge in [-0.15, -0.1) is 11.8 Å². The summed E-state index contributed by atoms with van der Waals surface area (Å²) in [5.74, 6) is 0.192. The number of amides is 2. The largest absolute Gasteiger partial charge is 0.355 e. The number of hydrogen-bond donors (Lipinski definition) is 1. The van der Waals surface area contributed by atoms with Gasteiger partial charge in [0.2, 0.25) is 11.8 Å². The van der Waals surface area contributed by atoms with Gasteiger partial charge in [-0.3, -0.25) is 9.59 Å². The van der Waals surface area contributed by atoms with Crippen molar-refractivity contribution in [2.24, 2.45) is 0 Å². The second-order valence-corrected chi connectivity index (χ2v) is 6.98. The fraction of sp³-hybridized carbons (Fsp3) is 0.333. The topological polar surface area (TPSA) is 49.4 Å². The lowest BCUT2D eigenvalue weighted by atomic mass is 10.1. The lowest BCUT2D eigenvalue weighted by Crippen LogP contribution is -2.49. The van der Waals surface area contributed by atoms with Crippen LogP contribution in [0.25, 0.3) is 0 Å². The predicted octanol–water partition coefficient (Wildman–Crippen LogP) is 3.72. The van der Waals surface area contributed by atoms with E-state index in [0.29, 0.717) is 25.3 Å². The number of rotatable bonds is 9. The van der Waals surface area contributed by atoms with E-state index >= 15 is 0 Å². The number of carbonyl (C=O) groups is 2. The third kappa shape index (κ3) is 5.92. The molecule has 2 rings (SSSR count). The fourth-order valence-corrected chi connectivity index (χ4v) is 3.54. The zero-order valence-electron chi connectivity index (χ0n) is 15.4. The summed E-state index contributed by atoms with van der Waals surface area (Å²) in [5, 5.41) is 2.85. The molecule has 0 saturated heterocycles. The molecule has 2 aromatic carbocycles. The van der Waals surface area contributed by atoms with E-state index in [4.69, 9.17) is 0 Å². The molecule has 0 heterocycles. The average Bonchev–Trinajstić information content (AvgIpc) is 2.68. The molecule has 2 aromatic rings. The van der Waals surface area contributed by atoms with Crippen LogP contribution in [0, 0.1) is 0 Å². The molecule has 1 atom stereocenters. The van der Waals surface area contributed by atoms with Crippen molar-refractivity contribution < 1.29 is 9.59 Å². The SMILES string of the molecule is CCNC(=O)[C@@H](CC)N(Cc1ccccc1)C(=O)CSc1ccccc1. The molecule has 0 bridgehead atoms. The molecule has 0 aliphatic carbocycles. The minimum absolute atomic E-state index is 0.0270. The highest BCUT2D eigenvalue weighted by atomic mass is 32.2. The lowest BCUT2D eigenvalue weighted by Gasteiger charge is -2.30. The first-order valence-electron chi connectivity index (χ1n) is 8.94. The maximum atomic E-state index is 13.0. The Labute approximate surface area is 160 Å². The molecule has 0 aliphatic rings. The number of carbonyl (C=O) groups excluding carboxylic acids is 2. The summed E-state index contributed by atoms with van der Waals surface area (Å²) >= 11 is 1.50. The van der Waals surface area contributed by atoms with Gasteiger partial charge in [0.15, 0.2) is 0 Å². The number of hydrogen-bond acceptors (Lipinski definition) is 3. The van der Waals surface area contributed by atoms with Gasteiger partial charge in [-0.1, -0.05) is 55.5 Å². The molecule has 26 heavy (non-hydrogen) atoms. The number of nitrogens with zero attached hydrogens (tertiary/aromatic N) is 1. The molecular formula is C21H26N2O2S. The highest BCUT2D eigenvalue weighted by Crippen LogP contribution is 2.20. The summed E-state index contributed by atoms with van der Waals surface area (Å²) in [7, 11) is 0. The summed E-state index contributed by atoms with van der Waals surface area (Å²) in [6.45, 7) is 4.82. The zero-order chi connectivity index (χ0) is 18.8. The smallest absolute Gasteiger partial charge is 0.242 e. The van der Waals surface area contributed by atoms with Gasteiger partial charge < -0.3 is 10.2 Å². The van der Waals surface area contributed by atoms with E-state index in [1.807, 2.05) is 74.5 Å². The molecule has 2 amide bonds. The van der Waals surface area contributed by atoms with Crippen molar-refractivity contribution in [3.05, 3.63) is 66.2 Å². The van der Waals surface area contributed by atoms with E-state index in [2.05, 4.69) is 5.32 Å². The number of benzene rings is 2. The van der Waals surface area contributed by atoms with Crippen molar-refractivity contribution in [1.29, 1.82) is 0 Å². The van der Waals surface area contributed by atoms with Crippen LogP contribution in [-0.2, 0) is 16.1 Å². The van der Waals surface area contributed by atoms with Crippen LogP contribution in [0.3, 0.4) is 0 Å². The quantitative estimate of drug-likeness (QED) is 0.685. The molecule has 5 heteroatoms. The summed E-state index contributed by atoms with van der Waals surface area (Å²) in [4.78, 5) is 28.2. The number of nitrogens with one attached hydrogen (secondary N) is 1. The van der Waals surface area contributed by atoms with Crippen LogP contribution in [0.1, 0.15) is 25.8 Å². The molecule has 0 unspecified atom stereocenters. The van der Waals surface area contributed by atoms with E-state index in [0.717, 1.165) is 10.5 Å². The first-order valence-corrected chi connectivity index (χ1v) is 9.93. The molecular weight excluding hydrogens is 344 g/mol. The molecule has 0 spiro atoms. The first-order chi connectivity index (χ1) is 12.7. The van der Waals surface area contributed by atoms with Crippen LogP contribution in [0.4, 0.5) is 0 Å². The zero-order valence-corrected chi connectivity index (χ0v) is 16.2. The van der Waals surface area contributed by atoms with E-state index in [1.54, 1.807) is 4.90 Å². The minimum Gasteiger partial charge on any atom is -0.355 e. The Morgan fingerprint density at radius 2 is 1.62 bits per heavy atom. The molecule has 4 nitrogen and oxygen atoms in total. The van der Waals surface area contributed by atoms with Gasteiger partial charge in [-0.25, -0.2) is 0 Å². The van der Waals surface area contributed by atoms with Crippen LogP contribution >= 0.6 is 11.8 Å². The van der Waals surface area contributed by atoms with Crippen LogP contribution in [0.5, 0.6) is 0 Å². The number of thioether (sulfide) groups is 1. The summed E-state index contributed by atoms with van der Waals surface area (Å²) in [6, 6.07) is 19.2. The normalized spacial score (nSPS) is 11.6. The molecule has 0 fully saturated rings.